The van der Waals surface area contributed by atoms with Crippen LogP contribution in [0.15, 0.2) is 17.1 Å². The average molecular weight is 328 g/mol. The number of nitrogens with two attached hydrogens (primary N) is 1. The van der Waals surface area contributed by atoms with E-state index in [9.17, 15) is 14.3 Å². The fourth-order valence-electron chi connectivity index (χ4n) is 2.23. The molecule has 120 valence electrons. The molecule has 2 fully saturated rings. The van der Waals surface area contributed by atoms with Crippen LogP contribution in [0.25, 0.3) is 0 Å². The highest BCUT2D eigenvalue weighted by molar-refractivity contribution is 7.75. The molecule has 1 aromatic heterocycles. The second-order valence-corrected chi connectivity index (χ2v) is 5.15. The van der Waals surface area contributed by atoms with Crippen LogP contribution in [0.5, 0.6) is 0 Å². The second-order valence-electron chi connectivity index (χ2n) is 4.31. The van der Waals surface area contributed by atoms with Gasteiger partial charge in [0.15, 0.2) is 6.23 Å². The Kier molecular flexibility index (Phi) is 5.25. The maximum absolute atomic E-state index is 11.8. The Balaban J connectivity index is 0.000000847. The smallest absolute Gasteiger partial charge is 0.351 e. The third kappa shape index (κ3) is 3.02. The zero-order valence-electron chi connectivity index (χ0n) is 12.0. The molecule has 3 heterocycles. The summed E-state index contributed by atoms with van der Waals surface area (Å²) < 4.78 is 27.9. The van der Waals surface area contributed by atoms with Crippen molar-refractivity contribution in [2.45, 2.75) is 32.3 Å². The first-order valence-corrected chi connectivity index (χ1v) is 7.72. The first-order chi connectivity index (χ1) is 10.6. The maximum Gasteiger partial charge on any atom is 0.351 e. The Morgan fingerprint density at radius 1 is 1.55 bits per heavy atom. The van der Waals surface area contributed by atoms with Crippen molar-refractivity contribution in [1.82, 2.24) is 9.55 Å². The lowest BCUT2D eigenvalue weighted by Gasteiger charge is -2.22. The molecule has 2 saturated heterocycles. The van der Waals surface area contributed by atoms with Gasteiger partial charge in [-0.2, -0.15) is 14.5 Å². The third-order valence-electron chi connectivity index (χ3n) is 3.13. The van der Waals surface area contributed by atoms with Gasteiger partial charge in [0.2, 0.25) is 0 Å². The van der Waals surface area contributed by atoms with Crippen molar-refractivity contribution in [3.63, 3.8) is 0 Å². The van der Waals surface area contributed by atoms with Gasteiger partial charge in [0.25, 0.3) is 0 Å². The third-order valence-corrected chi connectivity index (χ3v) is 3.84. The maximum atomic E-state index is 11.8. The van der Waals surface area contributed by atoms with Crippen LogP contribution >= 0.6 is 0 Å². The van der Waals surface area contributed by atoms with Crippen LogP contribution in [-0.4, -0.2) is 32.6 Å². The van der Waals surface area contributed by atoms with Gasteiger partial charge in [-0.3, -0.25) is 12.9 Å². The number of fused-ring (bicyclic) bond motifs is 1. The predicted octanol–water partition coefficient (Wildman–Crippen LogP) is -0.117. The first-order valence-electron chi connectivity index (χ1n) is 6.72. The SMILES string of the molecule is CC.N#C[C@H]1[C@@H]2OS(=O)OC[C@H]2O[C@H]1n1ccc(N)nc1=O. The molecule has 2 N–H and O–H groups in total. The van der Waals surface area contributed by atoms with Gasteiger partial charge in [-0.15, -0.1) is 0 Å². The number of nitriles is 1. The van der Waals surface area contributed by atoms with E-state index in [1.165, 1.54) is 12.3 Å². The highest BCUT2D eigenvalue weighted by Gasteiger charge is 2.50. The molecule has 22 heavy (non-hydrogen) atoms. The van der Waals surface area contributed by atoms with Crippen LogP contribution in [0.4, 0.5) is 5.82 Å². The molecule has 9 nitrogen and oxygen atoms in total. The van der Waals surface area contributed by atoms with E-state index >= 15 is 0 Å². The van der Waals surface area contributed by atoms with E-state index in [1.807, 2.05) is 19.9 Å². The lowest BCUT2D eigenvalue weighted by Crippen LogP contribution is -2.39. The van der Waals surface area contributed by atoms with Gasteiger partial charge in [-0.25, -0.2) is 4.79 Å². The molecule has 0 radical (unpaired) electrons. The second kappa shape index (κ2) is 6.97. The van der Waals surface area contributed by atoms with Gasteiger partial charge < -0.3 is 10.5 Å². The number of rotatable bonds is 1. The molecule has 0 aromatic carbocycles. The molecule has 10 heteroatoms. The highest BCUT2D eigenvalue weighted by Crippen LogP contribution is 2.38. The molecule has 0 saturated carbocycles. The van der Waals surface area contributed by atoms with E-state index in [0.29, 0.717) is 0 Å². The lowest BCUT2D eigenvalue weighted by molar-refractivity contribution is -0.0512. The minimum absolute atomic E-state index is 0.0309. The van der Waals surface area contributed by atoms with Gasteiger partial charge in [0.1, 0.15) is 23.9 Å². The minimum atomic E-state index is -1.91. The van der Waals surface area contributed by atoms with Crippen LogP contribution in [0.1, 0.15) is 20.1 Å². The molecule has 1 unspecified atom stereocenters. The molecule has 2 aliphatic heterocycles. The van der Waals surface area contributed by atoms with Crippen LogP contribution in [0.3, 0.4) is 0 Å². The normalized spacial score (nSPS) is 33.2. The van der Waals surface area contributed by atoms with Crippen molar-refractivity contribution in [3.05, 3.63) is 22.7 Å². The molecular formula is C12H16N4O5S. The summed E-state index contributed by atoms with van der Waals surface area (Å²) in [5.74, 6) is -0.716. The Morgan fingerprint density at radius 3 is 2.91 bits per heavy atom. The number of hydrogen-bond acceptors (Lipinski definition) is 8. The van der Waals surface area contributed by atoms with Crippen LogP contribution in [0, 0.1) is 17.2 Å². The van der Waals surface area contributed by atoms with Crippen molar-refractivity contribution >= 4 is 17.2 Å². The van der Waals surface area contributed by atoms with Crippen molar-refractivity contribution in [2.75, 3.05) is 12.3 Å². The van der Waals surface area contributed by atoms with Crippen LogP contribution in [-0.2, 0) is 24.5 Å². The molecule has 0 aliphatic carbocycles. The molecule has 0 amide bonds. The number of ether oxygens (including phenoxy) is 1. The molecular weight excluding hydrogens is 312 g/mol. The highest BCUT2D eigenvalue weighted by atomic mass is 32.2. The summed E-state index contributed by atoms with van der Waals surface area (Å²) in [6.07, 6.45) is -0.764. The van der Waals surface area contributed by atoms with E-state index in [2.05, 4.69) is 4.98 Å². The first kappa shape index (κ1) is 16.6. The largest absolute Gasteiger partial charge is 0.383 e. The predicted molar refractivity (Wildman–Crippen MR) is 76.2 cm³/mol. The topological polar surface area (TPSA) is 129 Å². The average Bonchev–Trinajstić information content (AvgIpc) is 2.86. The summed E-state index contributed by atoms with van der Waals surface area (Å²) in [5, 5.41) is 9.26. The van der Waals surface area contributed by atoms with E-state index in [-0.39, 0.29) is 12.4 Å². The number of nitrogens with zero attached hydrogens (tertiary/aromatic N) is 3. The van der Waals surface area contributed by atoms with Crippen molar-refractivity contribution in [2.24, 2.45) is 5.92 Å². The number of anilines is 1. The van der Waals surface area contributed by atoms with Crippen molar-refractivity contribution < 1.29 is 17.3 Å². The Labute approximate surface area is 129 Å². The molecule has 0 bridgehead atoms. The fraction of sp³-hybridized carbons (Fsp3) is 0.583. The number of hydrogen-bond donors (Lipinski definition) is 1. The molecule has 1 aromatic rings. The van der Waals surface area contributed by atoms with E-state index in [0.717, 1.165) is 4.57 Å². The molecule has 0 spiro atoms. The van der Waals surface area contributed by atoms with E-state index in [1.54, 1.807) is 0 Å². The van der Waals surface area contributed by atoms with Crippen molar-refractivity contribution in [1.29, 1.82) is 5.26 Å². The summed E-state index contributed by atoms with van der Waals surface area (Å²) in [6, 6.07) is 3.44. The quantitative estimate of drug-likeness (QED) is 0.755. The van der Waals surface area contributed by atoms with E-state index < -0.39 is 41.4 Å². The van der Waals surface area contributed by atoms with Gasteiger partial charge in [0, 0.05) is 6.20 Å². The van der Waals surface area contributed by atoms with Crippen LogP contribution < -0.4 is 11.4 Å². The Morgan fingerprint density at radius 2 is 2.27 bits per heavy atom. The van der Waals surface area contributed by atoms with Gasteiger partial charge in [-0.05, 0) is 6.07 Å². The lowest BCUT2D eigenvalue weighted by atomic mass is 10.0. The molecule has 5 atom stereocenters. The molecule has 2 aliphatic rings. The fourth-order valence-corrected chi connectivity index (χ4v) is 2.95. The Bertz CT molecular complexity index is 658. The zero-order chi connectivity index (χ0) is 16.3. The summed E-state index contributed by atoms with van der Waals surface area (Å²) in [6.45, 7) is 4.03. The summed E-state index contributed by atoms with van der Waals surface area (Å²) in [7, 11) is 0. The van der Waals surface area contributed by atoms with Gasteiger partial charge in [-0.1, -0.05) is 13.8 Å². The van der Waals surface area contributed by atoms with E-state index in [4.69, 9.17) is 18.8 Å². The van der Waals surface area contributed by atoms with Gasteiger partial charge >= 0.3 is 17.1 Å². The summed E-state index contributed by atoms with van der Waals surface area (Å²) >= 11 is -1.91. The Hall–Kier alpha value is -1.80. The van der Waals surface area contributed by atoms with Crippen LogP contribution in [0.2, 0.25) is 0 Å². The number of nitrogen functional groups attached to an aromatic ring is 1. The zero-order valence-corrected chi connectivity index (χ0v) is 12.9. The monoisotopic (exact) mass is 328 g/mol. The molecule has 3 rings (SSSR count). The van der Waals surface area contributed by atoms with Crippen molar-refractivity contribution in [3.8, 4) is 6.07 Å². The summed E-state index contributed by atoms with van der Waals surface area (Å²) in [5.41, 5.74) is 4.78. The summed E-state index contributed by atoms with van der Waals surface area (Å²) in [4.78, 5) is 15.4. The standard InChI is InChI=1S/C10H10N4O5S.C2H6/c11-3-5-8-6(4-17-20(16)19-8)18-9(5)14-2-1-7(12)13-10(14)15;1-2/h1-2,5-6,8-9H,4H2,(H2,12,13,15);1-2H3/t5-,6+,8-,9+,20?;/m0./s1. The minimum Gasteiger partial charge on any atom is -0.383 e. The number of aromatic nitrogens is 2. The van der Waals surface area contributed by atoms with Gasteiger partial charge in [0.05, 0.1) is 12.7 Å².